The van der Waals surface area contributed by atoms with Gasteiger partial charge in [0.15, 0.2) is 23.4 Å². The number of aromatic amines is 1. The number of nitrogens with one attached hydrogen (secondary N) is 1. The number of hydrogen-bond acceptors (Lipinski definition) is 9. The number of nitrogens with zero attached hydrogens (tertiary/aromatic N) is 1. The van der Waals surface area contributed by atoms with E-state index in [1.165, 1.54) is 41.7 Å². The third-order valence-corrected chi connectivity index (χ3v) is 7.76. The Morgan fingerprint density at radius 2 is 1.83 bits per heavy atom. The van der Waals surface area contributed by atoms with Gasteiger partial charge in [-0.25, -0.2) is 9.78 Å². The molecule has 0 saturated heterocycles. The van der Waals surface area contributed by atoms with E-state index in [9.17, 15) is 18.0 Å². The second kappa shape index (κ2) is 10.1. The highest BCUT2D eigenvalue weighted by Crippen LogP contribution is 2.30. The first-order valence-electron chi connectivity index (χ1n) is 11.1. The summed E-state index contributed by atoms with van der Waals surface area (Å²) in [5.41, 5.74) is 0.553. The van der Waals surface area contributed by atoms with Crippen molar-refractivity contribution in [2.24, 2.45) is 0 Å². The van der Waals surface area contributed by atoms with E-state index in [0.717, 1.165) is 10.4 Å². The lowest BCUT2D eigenvalue weighted by molar-refractivity contribution is 0.0319. The normalized spacial score (nSPS) is 12.3. The van der Waals surface area contributed by atoms with Gasteiger partial charge in [-0.1, -0.05) is 18.2 Å². The van der Waals surface area contributed by atoms with Crippen LogP contribution in [0.25, 0.3) is 10.2 Å². The highest BCUT2D eigenvalue weighted by Gasteiger charge is 2.23. The van der Waals surface area contributed by atoms with E-state index < -0.39 is 22.2 Å². The number of carbonyl (C=O) groups excluding carboxylic acids is 1. The van der Waals surface area contributed by atoms with E-state index in [-0.39, 0.29) is 33.3 Å². The van der Waals surface area contributed by atoms with Gasteiger partial charge in [-0.05, 0) is 63.6 Å². The van der Waals surface area contributed by atoms with E-state index in [2.05, 4.69) is 9.97 Å². The van der Waals surface area contributed by atoms with E-state index >= 15 is 0 Å². The molecular weight excluding hydrogens is 504 g/mol. The van der Waals surface area contributed by atoms with Gasteiger partial charge in [0.1, 0.15) is 9.73 Å². The molecule has 9 nitrogen and oxygen atoms in total. The molecule has 2 aromatic heterocycles. The second-order valence-corrected chi connectivity index (χ2v) is 10.7. The molecule has 4 aromatic rings. The van der Waals surface area contributed by atoms with Crippen LogP contribution in [0.3, 0.4) is 0 Å². The summed E-state index contributed by atoms with van der Waals surface area (Å²) in [5.74, 6) is -0.273. The topological polar surface area (TPSA) is 125 Å². The maximum atomic E-state index is 12.9. The van der Waals surface area contributed by atoms with Crippen molar-refractivity contribution in [3.63, 3.8) is 0 Å². The average Bonchev–Trinajstić information content (AvgIpc) is 3.14. The third kappa shape index (κ3) is 5.12. The Balaban J connectivity index is 1.55. The molecule has 0 spiro atoms. The number of rotatable bonds is 8. The second-order valence-electron chi connectivity index (χ2n) is 7.91. The van der Waals surface area contributed by atoms with Crippen LogP contribution in [0.1, 0.15) is 46.6 Å². The maximum Gasteiger partial charge on any atom is 0.339 e. The highest BCUT2D eigenvalue weighted by molar-refractivity contribution is 7.87. The van der Waals surface area contributed by atoms with Crippen molar-refractivity contribution in [2.45, 2.75) is 38.7 Å². The van der Waals surface area contributed by atoms with Crippen molar-refractivity contribution in [1.29, 1.82) is 0 Å². The van der Waals surface area contributed by atoms with Crippen molar-refractivity contribution in [3.05, 3.63) is 80.7 Å². The van der Waals surface area contributed by atoms with Gasteiger partial charge >= 0.3 is 16.1 Å². The van der Waals surface area contributed by atoms with Gasteiger partial charge in [-0.3, -0.25) is 4.79 Å². The first-order chi connectivity index (χ1) is 17.1. The highest BCUT2D eigenvalue weighted by atomic mass is 32.2. The summed E-state index contributed by atoms with van der Waals surface area (Å²) in [4.78, 5) is 33.8. The van der Waals surface area contributed by atoms with Crippen LogP contribution >= 0.6 is 11.3 Å². The van der Waals surface area contributed by atoms with Crippen LogP contribution in [0.5, 0.6) is 11.5 Å². The molecule has 1 atom stereocenters. The lowest BCUT2D eigenvalue weighted by atomic mass is 10.2. The molecule has 4 rings (SSSR count). The summed E-state index contributed by atoms with van der Waals surface area (Å²) in [7, 11) is -4.27. The van der Waals surface area contributed by atoms with Gasteiger partial charge < -0.3 is 18.6 Å². The molecule has 2 heterocycles. The Kier molecular flexibility index (Phi) is 7.14. The van der Waals surface area contributed by atoms with E-state index in [4.69, 9.17) is 13.7 Å². The molecule has 0 aliphatic carbocycles. The van der Waals surface area contributed by atoms with Crippen molar-refractivity contribution >= 4 is 37.6 Å². The van der Waals surface area contributed by atoms with Gasteiger partial charge in [-0.15, -0.1) is 11.3 Å². The zero-order chi connectivity index (χ0) is 26.0. The zero-order valence-corrected chi connectivity index (χ0v) is 21.7. The molecule has 0 amide bonds. The number of benzene rings is 2. The van der Waals surface area contributed by atoms with Crippen LogP contribution in [0.15, 0.2) is 58.2 Å². The van der Waals surface area contributed by atoms with Crippen molar-refractivity contribution in [2.75, 3.05) is 6.61 Å². The third-order valence-electron chi connectivity index (χ3n) is 5.43. The van der Waals surface area contributed by atoms with Gasteiger partial charge in [0, 0.05) is 4.88 Å². The van der Waals surface area contributed by atoms with E-state index in [0.29, 0.717) is 16.8 Å². The fourth-order valence-electron chi connectivity index (χ4n) is 3.49. The Labute approximate surface area is 211 Å². The molecule has 0 aliphatic rings. The molecule has 0 saturated carbocycles. The first-order valence-corrected chi connectivity index (χ1v) is 13.3. The first kappa shape index (κ1) is 25.4. The number of hydrogen-bond donors (Lipinski definition) is 1. The minimum Gasteiger partial charge on any atom is -0.490 e. The molecule has 0 unspecified atom stereocenters. The fourth-order valence-corrected chi connectivity index (χ4v) is 5.51. The Morgan fingerprint density at radius 3 is 2.56 bits per heavy atom. The maximum absolute atomic E-state index is 12.9. The summed E-state index contributed by atoms with van der Waals surface area (Å²) in [6.07, 6.45) is -0.883. The molecule has 188 valence electrons. The summed E-state index contributed by atoms with van der Waals surface area (Å²) in [6.45, 7) is 7.44. The number of carbonyl (C=O) groups is 1. The van der Waals surface area contributed by atoms with Crippen molar-refractivity contribution < 1.29 is 26.9 Å². The van der Waals surface area contributed by atoms with Crippen LogP contribution in [-0.2, 0) is 14.9 Å². The van der Waals surface area contributed by atoms with Crippen LogP contribution < -0.4 is 14.5 Å². The molecule has 0 aliphatic heterocycles. The standard InChI is InChI=1S/C25H24N2O7S2/c1-5-32-19-11-6-7-12-20(19)34-36(30,31)18-10-8-9-17(13-18)25(29)33-15(3)22-26-23(28)21-14(2)16(4)35-24(21)27-22/h6-13,15H,5H2,1-4H3,(H,26,27,28)/t15-/m0/s1. The Bertz CT molecular complexity index is 1610. The lowest BCUT2D eigenvalue weighted by Crippen LogP contribution is -2.17. The van der Waals surface area contributed by atoms with Gasteiger partial charge in [0.25, 0.3) is 5.56 Å². The van der Waals surface area contributed by atoms with Crippen LogP contribution in [0.2, 0.25) is 0 Å². The number of H-pyrrole nitrogens is 1. The number of para-hydroxylation sites is 2. The van der Waals surface area contributed by atoms with Crippen LogP contribution in [0.4, 0.5) is 0 Å². The summed E-state index contributed by atoms with van der Waals surface area (Å²) >= 11 is 1.39. The zero-order valence-electron chi connectivity index (χ0n) is 20.0. The van der Waals surface area contributed by atoms with Gasteiger partial charge in [0.2, 0.25) is 0 Å². The van der Waals surface area contributed by atoms with Gasteiger partial charge in [-0.2, -0.15) is 8.42 Å². The van der Waals surface area contributed by atoms with E-state index in [1.807, 2.05) is 13.8 Å². The molecule has 0 bridgehead atoms. The Morgan fingerprint density at radius 1 is 1.11 bits per heavy atom. The predicted molar refractivity (Wildman–Crippen MR) is 135 cm³/mol. The largest absolute Gasteiger partial charge is 0.490 e. The number of thiophene rings is 1. The minimum atomic E-state index is -4.27. The summed E-state index contributed by atoms with van der Waals surface area (Å²) < 4.78 is 41.9. The molecule has 0 radical (unpaired) electrons. The number of ether oxygens (including phenoxy) is 2. The summed E-state index contributed by atoms with van der Waals surface area (Å²) in [5, 5.41) is 0.517. The van der Waals surface area contributed by atoms with Gasteiger partial charge in [0.05, 0.1) is 17.6 Å². The monoisotopic (exact) mass is 528 g/mol. The van der Waals surface area contributed by atoms with Crippen LogP contribution in [0, 0.1) is 13.8 Å². The number of aromatic nitrogens is 2. The number of aryl methyl sites for hydroxylation is 2. The molecule has 36 heavy (non-hydrogen) atoms. The van der Waals surface area contributed by atoms with Crippen molar-refractivity contribution in [3.8, 4) is 11.5 Å². The lowest BCUT2D eigenvalue weighted by Gasteiger charge is -2.14. The Hall–Kier alpha value is -3.70. The quantitative estimate of drug-likeness (QED) is 0.258. The van der Waals surface area contributed by atoms with Crippen molar-refractivity contribution in [1.82, 2.24) is 9.97 Å². The smallest absolute Gasteiger partial charge is 0.339 e. The van der Waals surface area contributed by atoms with Crippen LogP contribution in [-0.4, -0.2) is 31.0 Å². The fraction of sp³-hybridized carbons (Fsp3) is 0.240. The number of esters is 1. The number of fused-ring (bicyclic) bond motifs is 1. The average molecular weight is 529 g/mol. The molecular formula is C25H24N2O7S2. The minimum absolute atomic E-state index is 0.00384. The predicted octanol–water partition coefficient (Wildman–Crippen LogP) is 4.69. The molecule has 11 heteroatoms. The SMILES string of the molecule is CCOc1ccccc1OS(=O)(=O)c1cccc(C(=O)O[C@@H](C)c2nc3sc(C)c(C)c3c(=O)[nH]2)c1. The van der Waals surface area contributed by atoms with E-state index in [1.54, 1.807) is 32.0 Å². The molecule has 1 N–H and O–H groups in total. The summed E-state index contributed by atoms with van der Waals surface area (Å²) in [6, 6.07) is 11.7. The molecule has 0 fully saturated rings. The molecule has 2 aromatic carbocycles.